The minimum atomic E-state index is 0.679. The van der Waals surface area contributed by atoms with Gasteiger partial charge in [0.2, 0.25) is 0 Å². The number of hydrogen-bond acceptors (Lipinski definition) is 3. The molecule has 18 heavy (non-hydrogen) atoms. The number of nitrogens with one attached hydrogen (secondary N) is 1. The quantitative estimate of drug-likeness (QED) is 0.685. The molecule has 0 unspecified atom stereocenters. The average molecular weight is 251 g/mol. The smallest absolute Gasteiger partial charge is 0.119 e. The van der Waals surface area contributed by atoms with Crippen LogP contribution in [0.15, 0.2) is 24.3 Å². The lowest BCUT2D eigenvalue weighted by atomic mass is 10.2. The second-order valence-corrected chi connectivity index (χ2v) is 4.87. The molecule has 0 fully saturated rings. The van der Waals surface area contributed by atoms with Gasteiger partial charge in [-0.25, -0.2) is 0 Å². The monoisotopic (exact) mass is 251 g/mol. The molecule has 102 valence electrons. The Hall–Kier alpha value is -1.06. The highest BCUT2D eigenvalue weighted by Gasteiger charge is 1.98. The summed E-state index contributed by atoms with van der Waals surface area (Å²) in [4.78, 5) is 0. The summed E-state index contributed by atoms with van der Waals surface area (Å²) in [5, 5.41) is 3.43. The van der Waals surface area contributed by atoms with Gasteiger partial charge in [-0.1, -0.05) is 26.0 Å². The molecule has 0 bridgehead atoms. The molecular formula is C15H25NO2. The minimum Gasteiger partial charge on any atom is -0.493 e. The first kappa shape index (κ1) is 15.0. The predicted octanol–water partition coefficient (Wildman–Crippen LogP) is 2.85. The van der Waals surface area contributed by atoms with E-state index in [-0.39, 0.29) is 0 Å². The van der Waals surface area contributed by atoms with Gasteiger partial charge in [0.05, 0.1) is 6.61 Å². The molecule has 3 heteroatoms. The van der Waals surface area contributed by atoms with Crippen LogP contribution in [0.2, 0.25) is 0 Å². The molecule has 1 N–H and O–H groups in total. The molecule has 1 rings (SSSR count). The molecule has 0 aliphatic carbocycles. The van der Waals surface area contributed by atoms with Gasteiger partial charge in [0.25, 0.3) is 0 Å². The molecule has 0 amide bonds. The van der Waals surface area contributed by atoms with E-state index in [0.717, 1.165) is 31.9 Å². The summed E-state index contributed by atoms with van der Waals surface area (Å²) in [6.45, 7) is 7.81. The molecule has 0 aliphatic heterocycles. The molecule has 0 aliphatic rings. The highest BCUT2D eigenvalue weighted by molar-refractivity contribution is 5.28. The molecule has 0 radical (unpaired) electrons. The third-order valence-corrected chi connectivity index (χ3v) is 2.54. The van der Waals surface area contributed by atoms with Crippen LogP contribution in [0, 0.1) is 5.92 Å². The van der Waals surface area contributed by atoms with Gasteiger partial charge in [0.1, 0.15) is 5.75 Å². The summed E-state index contributed by atoms with van der Waals surface area (Å²) in [5.41, 5.74) is 1.26. The zero-order valence-corrected chi connectivity index (χ0v) is 11.7. The van der Waals surface area contributed by atoms with Crippen molar-refractivity contribution in [1.29, 1.82) is 0 Å². The number of hydrogen-bond donors (Lipinski definition) is 1. The summed E-state index contributed by atoms with van der Waals surface area (Å²) < 4.78 is 10.7. The molecule has 0 saturated heterocycles. The van der Waals surface area contributed by atoms with Gasteiger partial charge in [-0.3, -0.25) is 0 Å². The van der Waals surface area contributed by atoms with E-state index in [1.165, 1.54) is 5.56 Å². The van der Waals surface area contributed by atoms with Gasteiger partial charge >= 0.3 is 0 Å². The van der Waals surface area contributed by atoms with Crippen molar-refractivity contribution in [3.63, 3.8) is 0 Å². The Bertz CT molecular complexity index is 326. The molecule has 1 aromatic carbocycles. The predicted molar refractivity (Wildman–Crippen MR) is 75.0 cm³/mol. The Morgan fingerprint density at radius 2 is 2.06 bits per heavy atom. The number of benzene rings is 1. The summed E-state index contributed by atoms with van der Waals surface area (Å²) in [5.74, 6) is 1.62. The zero-order chi connectivity index (χ0) is 13.2. The fraction of sp³-hybridized carbons (Fsp3) is 0.600. The maximum absolute atomic E-state index is 5.67. The standard InChI is InChI=1S/C15H25NO2/c1-13(2)11-16-12-14-6-4-7-15(10-14)18-9-5-8-17-3/h4,6-7,10,13,16H,5,8-9,11-12H2,1-3H3. The van der Waals surface area contributed by atoms with Gasteiger partial charge in [0.15, 0.2) is 0 Å². The van der Waals surface area contributed by atoms with Crippen LogP contribution in [-0.2, 0) is 11.3 Å². The van der Waals surface area contributed by atoms with Crippen LogP contribution in [0.5, 0.6) is 5.75 Å². The van der Waals surface area contributed by atoms with E-state index in [2.05, 4.69) is 31.3 Å². The summed E-state index contributed by atoms with van der Waals surface area (Å²) in [6, 6.07) is 8.26. The minimum absolute atomic E-state index is 0.679. The Morgan fingerprint density at radius 1 is 1.22 bits per heavy atom. The van der Waals surface area contributed by atoms with E-state index in [1.807, 2.05) is 12.1 Å². The highest BCUT2D eigenvalue weighted by Crippen LogP contribution is 2.13. The Morgan fingerprint density at radius 3 is 2.78 bits per heavy atom. The Kier molecular flexibility index (Phi) is 7.46. The summed E-state index contributed by atoms with van der Waals surface area (Å²) in [7, 11) is 1.71. The number of rotatable bonds is 9. The number of methoxy groups -OCH3 is 1. The molecule has 1 aromatic rings. The maximum atomic E-state index is 5.67. The first-order valence-electron chi connectivity index (χ1n) is 6.63. The molecule has 0 saturated carbocycles. The third kappa shape index (κ3) is 6.62. The Balaban J connectivity index is 2.32. The number of ether oxygens (including phenoxy) is 2. The van der Waals surface area contributed by atoms with E-state index < -0.39 is 0 Å². The topological polar surface area (TPSA) is 30.5 Å². The van der Waals surface area contributed by atoms with Crippen molar-refractivity contribution in [3.05, 3.63) is 29.8 Å². The van der Waals surface area contributed by atoms with E-state index in [4.69, 9.17) is 9.47 Å². The summed E-state index contributed by atoms with van der Waals surface area (Å²) >= 11 is 0. The second-order valence-electron chi connectivity index (χ2n) is 4.87. The average Bonchev–Trinajstić information content (AvgIpc) is 2.35. The van der Waals surface area contributed by atoms with E-state index in [9.17, 15) is 0 Å². The van der Waals surface area contributed by atoms with Crippen molar-refractivity contribution in [2.45, 2.75) is 26.8 Å². The fourth-order valence-electron chi connectivity index (χ4n) is 1.64. The van der Waals surface area contributed by atoms with Crippen LogP contribution in [-0.4, -0.2) is 26.9 Å². The first-order valence-corrected chi connectivity index (χ1v) is 6.63. The molecule has 3 nitrogen and oxygen atoms in total. The highest BCUT2D eigenvalue weighted by atomic mass is 16.5. The van der Waals surface area contributed by atoms with Gasteiger partial charge < -0.3 is 14.8 Å². The van der Waals surface area contributed by atoms with Crippen LogP contribution < -0.4 is 10.1 Å². The van der Waals surface area contributed by atoms with Gasteiger partial charge in [-0.05, 0) is 30.2 Å². The van der Waals surface area contributed by atoms with E-state index in [1.54, 1.807) is 7.11 Å². The lowest BCUT2D eigenvalue weighted by molar-refractivity contribution is 0.172. The van der Waals surface area contributed by atoms with E-state index >= 15 is 0 Å². The normalized spacial score (nSPS) is 10.9. The molecule has 0 aromatic heterocycles. The zero-order valence-electron chi connectivity index (χ0n) is 11.7. The lowest BCUT2D eigenvalue weighted by Gasteiger charge is -2.10. The van der Waals surface area contributed by atoms with Crippen LogP contribution in [0.25, 0.3) is 0 Å². The second kappa shape index (κ2) is 8.95. The molecule has 0 spiro atoms. The first-order chi connectivity index (χ1) is 8.72. The lowest BCUT2D eigenvalue weighted by Crippen LogP contribution is -2.18. The Labute approximate surface area is 110 Å². The van der Waals surface area contributed by atoms with Crippen LogP contribution in [0.3, 0.4) is 0 Å². The van der Waals surface area contributed by atoms with E-state index in [0.29, 0.717) is 12.5 Å². The van der Waals surface area contributed by atoms with Crippen molar-refractivity contribution in [3.8, 4) is 5.75 Å². The van der Waals surface area contributed by atoms with Crippen molar-refractivity contribution in [2.75, 3.05) is 26.9 Å². The maximum Gasteiger partial charge on any atom is 0.119 e. The molecule has 0 heterocycles. The van der Waals surface area contributed by atoms with Crippen LogP contribution >= 0.6 is 0 Å². The van der Waals surface area contributed by atoms with Crippen LogP contribution in [0.4, 0.5) is 0 Å². The van der Waals surface area contributed by atoms with Crippen molar-refractivity contribution >= 4 is 0 Å². The van der Waals surface area contributed by atoms with Crippen molar-refractivity contribution in [1.82, 2.24) is 5.32 Å². The SMILES string of the molecule is COCCCOc1cccc(CNCC(C)C)c1. The third-order valence-electron chi connectivity index (χ3n) is 2.54. The summed E-state index contributed by atoms with van der Waals surface area (Å²) in [6.07, 6.45) is 0.923. The van der Waals surface area contributed by atoms with Gasteiger partial charge in [0, 0.05) is 26.7 Å². The molecular weight excluding hydrogens is 226 g/mol. The van der Waals surface area contributed by atoms with Crippen molar-refractivity contribution < 1.29 is 9.47 Å². The fourth-order valence-corrected chi connectivity index (χ4v) is 1.64. The molecule has 0 atom stereocenters. The van der Waals surface area contributed by atoms with Crippen LogP contribution in [0.1, 0.15) is 25.8 Å². The largest absolute Gasteiger partial charge is 0.493 e. The van der Waals surface area contributed by atoms with Gasteiger partial charge in [-0.15, -0.1) is 0 Å². The van der Waals surface area contributed by atoms with Crippen molar-refractivity contribution in [2.24, 2.45) is 5.92 Å². The van der Waals surface area contributed by atoms with Gasteiger partial charge in [-0.2, -0.15) is 0 Å².